The Morgan fingerprint density at radius 2 is 2.20 bits per heavy atom. The number of allylic oxidation sites excluding steroid dienone is 1. The Hall–Kier alpha value is -1.70. The van der Waals surface area contributed by atoms with Crippen LogP contribution in [0.3, 0.4) is 0 Å². The summed E-state index contributed by atoms with van der Waals surface area (Å²) >= 11 is 0. The summed E-state index contributed by atoms with van der Waals surface area (Å²) in [5.74, 6) is -1.99. The van der Waals surface area contributed by atoms with Gasteiger partial charge in [0.1, 0.15) is 12.7 Å². The van der Waals surface area contributed by atoms with Crippen LogP contribution in [-0.2, 0) is 19.1 Å². The third kappa shape index (κ3) is 3.12. The number of esters is 2. The van der Waals surface area contributed by atoms with E-state index >= 15 is 0 Å². The first-order chi connectivity index (χ1) is 11.9. The van der Waals surface area contributed by atoms with E-state index in [0.29, 0.717) is 5.57 Å². The summed E-state index contributed by atoms with van der Waals surface area (Å²) in [5.41, 5.74) is -0.796. The van der Waals surface area contributed by atoms with E-state index < -0.39 is 30.1 Å². The zero-order chi connectivity index (χ0) is 18.2. The molecular formula is C18H25NO6. The van der Waals surface area contributed by atoms with Crippen LogP contribution in [0.2, 0.25) is 0 Å². The number of nitrogens with zero attached hydrogens (tertiary/aromatic N) is 1. The molecule has 0 unspecified atom stereocenters. The Morgan fingerprint density at radius 3 is 2.88 bits per heavy atom. The van der Waals surface area contributed by atoms with E-state index in [-0.39, 0.29) is 25.2 Å². The molecule has 0 bridgehead atoms. The molecular weight excluding hydrogens is 326 g/mol. The normalized spacial score (nSPS) is 38.5. The second-order valence-electron chi connectivity index (χ2n) is 7.03. The number of ether oxygens (including phenoxy) is 2. The highest BCUT2D eigenvalue weighted by Gasteiger charge is 2.46. The van der Waals surface area contributed by atoms with E-state index in [1.54, 1.807) is 19.9 Å². The number of carbonyl (C=O) groups is 2. The fraction of sp³-hybridized carbons (Fsp3) is 0.667. The topological polar surface area (TPSA) is 96.3 Å². The number of hydrogen-bond donors (Lipinski definition) is 2. The van der Waals surface area contributed by atoms with Gasteiger partial charge in [-0.3, -0.25) is 4.90 Å². The van der Waals surface area contributed by atoms with Gasteiger partial charge in [-0.1, -0.05) is 19.1 Å². The maximum absolute atomic E-state index is 12.6. The highest BCUT2D eigenvalue weighted by atomic mass is 16.6. The Labute approximate surface area is 146 Å². The number of cyclic esters (lactones) is 1. The molecule has 7 nitrogen and oxygen atoms in total. The van der Waals surface area contributed by atoms with Gasteiger partial charge in [0.15, 0.2) is 5.60 Å². The van der Waals surface area contributed by atoms with Crippen molar-refractivity contribution in [3.8, 4) is 0 Å². The molecule has 0 aromatic rings. The minimum absolute atomic E-state index is 0.0273. The lowest BCUT2D eigenvalue weighted by Crippen LogP contribution is -2.50. The quantitative estimate of drug-likeness (QED) is 0.395. The highest BCUT2D eigenvalue weighted by molar-refractivity contribution is 5.89. The lowest BCUT2D eigenvalue weighted by atomic mass is 9.84. The summed E-state index contributed by atoms with van der Waals surface area (Å²) in [6.45, 7) is 4.12. The molecule has 0 saturated carbocycles. The second kappa shape index (κ2) is 6.90. The monoisotopic (exact) mass is 351 g/mol. The van der Waals surface area contributed by atoms with Crippen molar-refractivity contribution in [1.82, 2.24) is 4.90 Å². The average molecular weight is 351 g/mol. The molecule has 2 N–H and O–H groups in total. The van der Waals surface area contributed by atoms with Crippen molar-refractivity contribution >= 4 is 11.9 Å². The van der Waals surface area contributed by atoms with Crippen LogP contribution in [0.25, 0.3) is 0 Å². The van der Waals surface area contributed by atoms with Crippen molar-refractivity contribution in [2.24, 2.45) is 5.92 Å². The predicted octanol–water partition coefficient (Wildman–Crippen LogP) is 0.165. The molecule has 0 aliphatic carbocycles. The number of aliphatic hydroxyl groups is 2. The van der Waals surface area contributed by atoms with Gasteiger partial charge >= 0.3 is 11.9 Å². The maximum atomic E-state index is 12.6. The van der Waals surface area contributed by atoms with Crippen molar-refractivity contribution in [2.75, 3.05) is 26.3 Å². The maximum Gasteiger partial charge on any atom is 0.341 e. The van der Waals surface area contributed by atoms with Gasteiger partial charge in [-0.15, -0.1) is 0 Å². The lowest BCUT2D eigenvalue weighted by molar-refractivity contribution is -0.176. The Kier molecular flexibility index (Phi) is 4.99. The van der Waals surface area contributed by atoms with Gasteiger partial charge in [0, 0.05) is 24.6 Å². The molecule has 4 atom stereocenters. The summed E-state index contributed by atoms with van der Waals surface area (Å²) < 4.78 is 11.1. The zero-order valence-corrected chi connectivity index (χ0v) is 14.6. The van der Waals surface area contributed by atoms with Gasteiger partial charge in [-0.05, 0) is 25.3 Å². The number of rotatable bonds is 1. The van der Waals surface area contributed by atoms with E-state index in [9.17, 15) is 19.8 Å². The van der Waals surface area contributed by atoms with Crippen LogP contribution in [0.15, 0.2) is 23.3 Å². The third-order valence-electron chi connectivity index (χ3n) is 5.59. The SMILES string of the molecule is C/C=C1\C[C@@H](C)[C@@](O)(CO)C(=O)OCC2=CCN3CC[C@@H](OC1=O)[C@@H]23. The first kappa shape index (κ1) is 18.1. The molecule has 0 aromatic heterocycles. The van der Waals surface area contributed by atoms with Crippen LogP contribution in [0.1, 0.15) is 26.7 Å². The van der Waals surface area contributed by atoms with Crippen molar-refractivity contribution in [3.63, 3.8) is 0 Å². The standard InChI is InChI=1S/C18H25NO6/c1-3-12-8-11(2)18(23,10-20)17(22)24-9-13-4-6-19-7-5-14(15(13)19)25-16(12)21/h3-4,11,14-15,20,23H,5-10H2,1-2H3/b12-3+/t11-,14-,15-,18+/m1/s1. The van der Waals surface area contributed by atoms with E-state index in [0.717, 1.165) is 25.1 Å². The van der Waals surface area contributed by atoms with Gasteiger partial charge in [-0.2, -0.15) is 0 Å². The zero-order valence-electron chi connectivity index (χ0n) is 14.6. The number of hydrogen-bond acceptors (Lipinski definition) is 7. The molecule has 0 aromatic carbocycles. The fourth-order valence-electron chi connectivity index (χ4n) is 3.85. The number of carbonyl (C=O) groups excluding carboxylic acids is 2. The Bertz CT molecular complexity index is 627. The third-order valence-corrected chi connectivity index (χ3v) is 5.59. The van der Waals surface area contributed by atoms with E-state index in [1.165, 1.54) is 0 Å². The van der Waals surface area contributed by atoms with E-state index in [4.69, 9.17) is 9.47 Å². The molecule has 3 rings (SSSR count). The van der Waals surface area contributed by atoms with Crippen molar-refractivity contribution in [1.29, 1.82) is 0 Å². The first-order valence-corrected chi connectivity index (χ1v) is 8.70. The van der Waals surface area contributed by atoms with E-state index in [2.05, 4.69) is 4.90 Å². The fourth-order valence-corrected chi connectivity index (χ4v) is 3.85. The summed E-state index contributed by atoms with van der Waals surface area (Å²) in [6.07, 6.45) is 4.20. The molecule has 3 aliphatic rings. The van der Waals surface area contributed by atoms with Crippen LogP contribution in [0, 0.1) is 5.92 Å². The van der Waals surface area contributed by atoms with Crippen LogP contribution < -0.4 is 0 Å². The van der Waals surface area contributed by atoms with Crippen LogP contribution in [-0.4, -0.2) is 71.1 Å². The van der Waals surface area contributed by atoms with Crippen LogP contribution in [0.4, 0.5) is 0 Å². The smallest absolute Gasteiger partial charge is 0.341 e. The molecule has 2 saturated heterocycles. The molecule has 0 spiro atoms. The van der Waals surface area contributed by atoms with Crippen molar-refractivity contribution in [3.05, 3.63) is 23.3 Å². The van der Waals surface area contributed by atoms with Crippen molar-refractivity contribution < 1.29 is 29.3 Å². The van der Waals surface area contributed by atoms with Crippen LogP contribution in [0.5, 0.6) is 0 Å². The highest BCUT2D eigenvalue weighted by Crippen LogP contribution is 2.34. The van der Waals surface area contributed by atoms with Gasteiger partial charge < -0.3 is 19.7 Å². The van der Waals surface area contributed by atoms with Gasteiger partial charge in [0.2, 0.25) is 0 Å². The van der Waals surface area contributed by atoms with E-state index in [1.807, 2.05) is 6.08 Å². The summed E-state index contributed by atoms with van der Waals surface area (Å²) in [6, 6.07) is -0.0890. The summed E-state index contributed by atoms with van der Waals surface area (Å²) in [7, 11) is 0. The minimum atomic E-state index is -2.05. The Morgan fingerprint density at radius 1 is 1.44 bits per heavy atom. The predicted molar refractivity (Wildman–Crippen MR) is 88.5 cm³/mol. The molecule has 3 aliphatic heterocycles. The van der Waals surface area contributed by atoms with Crippen LogP contribution >= 0.6 is 0 Å². The second-order valence-corrected chi connectivity index (χ2v) is 7.03. The summed E-state index contributed by atoms with van der Waals surface area (Å²) in [4.78, 5) is 27.2. The van der Waals surface area contributed by atoms with Gasteiger partial charge in [-0.25, -0.2) is 9.59 Å². The molecule has 3 heterocycles. The van der Waals surface area contributed by atoms with Gasteiger partial charge in [0.25, 0.3) is 0 Å². The average Bonchev–Trinajstić information content (AvgIpc) is 3.18. The minimum Gasteiger partial charge on any atom is -0.459 e. The Balaban J connectivity index is 1.93. The molecule has 0 radical (unpaired) electrons. The molecule has 2 fully saturated rings. The molecule has 0 amide bonds. The largest absolute Gasteiger partial charge is 0.459 e. The first-order valence-electron chi connectivity index (χ1n) is 8.70. The number of aliphatic hydroxyl groups excluding tert-OH is 1. The molecule has 7 heteroatoms. The lowest BCUT2D eigenvalue weighted by Gasteiger charge is -2.32. The van der Waals surface area contributed by atoms with Crippen molar-refractivity contribution in [2.45, 2.75) is 44.4 Å². The molecule has 25 heavy (non-hydrogen) atoms. The molecule has 138 valence electrons. The summed E-state index contributed by atoms with van der Waals surface area (Å²) in [5, 5.41) is 20.2. The van der Waals surface area contributed by atoms with Gasteiger partial charge in [0.05, 0.1) is 12.6 Å².